The van der Waals surface area contributed by atoms with Crippen LogP contribution >= 0.6 is 0 Å². The lowest BCUT2D eigenvalue weighted by Gasteiger charge is -2.33. The molecule has 0 unspecified atom stereocenters. The highest BCUT2D eigenvalue weighted by Gasteiger charge is 2.32. The molecule has 196 valence electrons. The zero-order chi connectivity index (χ0) is 26.6. The Kier molecular flexibility index (Phi) is 7.97. The van der Waals surface area contributed by atoms with E-state index in [9.17, 15) is 22.4 Å². The Morgan fingerprint density at radius 3 is 2.73 bits per heavy atom. The summed E-state index contributed by atoms with van der Waals surface area (Å²) in [7, 11) is 1.84. The minimum Gasteiger partial charge on any atom is -0.364 e. The predicted molar refractivity (Wildman–Crippen MR) is 132 cm³/mol. The molecule has 0 spiro atoms. The van der Waals surface area contributed by atoms with Gasteiger partial charge in [-0.2, -0.15) is 18.3 Å². The Morgan fingerprint density at radius 1 is 1.24 bits per heavy atom. The van der Waals surface area contributed by atoms with Crippen LogP contribution in [0, 0.1) is 11.8 Å². The number of carbonyl (C=O) groups is 1. The summed E-state index contributed by atoms with van der Waals surface area (Å²) in [6, 6.07) is 7.71. The summed E-state index contributed by atoms with van der Waals surface area (Å²) in [5.41, 5.74) is 1.33. The van der Waals surface area contributed by atoms with Crippen LogP contribution in [0.15, 0.2) is 36.5 Å². The number of amides is 1. The van der Waals surface area contributed by atoms with Crippen molar-refractivity contribution < 1.29 is 22.4 Å². The SMILES string of the molecule is CCc1ccc(C(=O)NCC#Cc2nn3c(N[C@@H]4CCN(C)C[C@@H]4F)cccc3c2CC(F)(F)F)cn1. The Labute approximate surface area is 212 Å². The first-order valence-corrected chi connectivity index (χ1v) is 12.0. The highest BCUT2D eigenvalue weighted by molar-refractivity contribution is 5.94. The first-order valence-electron chi connectivity index (χ1n) is 12.0. The van der Waals surface area contributed by atoms with E-state index in [0.717, 1.165) is 12.1 Å². The first kappa shape index (κ1) is 26.4. The molecule has 1 aliphatic heterocycles. The number of alkyl halides is 4. The van der Waals surface area contributed by atoms with Gasteiger partial charge in [0, 0.05) is 30.5 Å². The third-order valence-electron chi connectivity index (χ3n) is 6.21. The van der Waals surface area contributed by atoms with Crippen molar-refractivity contribution >= 4 is 17.2 Å². The summed E-state index contributed by atoms with van der Waals surface area (Å²) in [4.78, 5) is 18.4. The Balaban J connectivity index is 1.56. The Bertz CT molecular complexity index is 1310. The van der Waals surface area contributed by atoms with Crippen LogP contribution in [0.1, 0.15) is 40.7 Å². The number of likely N-dealkylation sites (tertiary alicyclic amines) is 1. The van der Waals surface area contributed by atoms with Crippen molar-refractivity contribution in [3.05, 3.63) is 59.0 Å². The number of hydrogen-bond donors (Lipinski definition) is 2. The number of aromatic nitrogens is 3. The molecule has 37 heavy (non-hydrogen) atoms. The zero-order valence-corrected chi connectivity index (χ0v) is 20.6. The van der Waals surface area contributed by atoms with Gasteiger partial charge in [0.15, 0.2) is 0 Å². The second-order valence-electron chi connectivity index (χ2n) is 9.02. The van der Waals surface area contributed by atoms with Crippen LogP contribution in [-0.4, -0.2) is 70.5 Å². The lowest BCUT2D eigenvalue weighted by Crippen LogP contribution is -2.46. The van der Waals surface area contributed by atoms with E-state index in [4.69, 9.17) is 0 Å². The third-order valence-corrected chi connectivity index (χ3v) is 6.21. The van der Waals surface area contributed by atoms with Gasteiger partial charge in [-0.15, -0.1) is 0 Å². The molecule has 0 bridgehead atoms. The Morgan fingerprint density at radius 2 is 2.05 bits per heavy atom. The van der Waals surface area contributed by atoms with Crippen molar-refractivity contribution in [3.8, 4) is 11.8 Å². The fraction of sp³-hybridized carbons (Fsp3) is 0.423. The lowest BCUT2D eigenvalue weighted by atomic mass is 10.0. The summed E-state index contributed by atoms with van der Waals surface area (Å²) in [6.07, 6.45) is -4.06. The summed E-state index contributed by atoms with van der Waals surface area (Å²) in [6.45, 7) is 2.84. The van der Waals surface area contributed by atoms with Gasteiger partial charge in [-0.25, -0.2) is 8.91 Å². The van der Waals surface area contributed by atoms with E-state index in [2.05, 4.69) is 32.6 Å². The molecular weight excluding hydrogens is 488 g/mol. The van der Waals surface area contributed by atoms with E-state index in [-0.39, 0.29) is 35.8 Å². The molecule has 3 aromatic rings. The number of fused-ring (bicyclic) bond motifs is 1. The first-order chi connectivity index (χ1) is 17.6. The number of carbonyl (C=O) groups excluding carboxylic acids is 1. The summed E-state index contributed by atoms with van der Waals surface area (Å²) in [5, 5.41) is 10.0. The molecule has 4 heterocycles. The van der Waals surface area contributed by atoms with E-state index >= 15 is 0 Å². The van der Waals surface area contributed by atoms with Crippen LogP contribution in [0.3, 0.4) is 0 Å². The molecule has 1 saturated heterocycles. The molecule has 0 saturated carbocycles. The topological polar surface area (TPSA) is 74.6 Å². The van der Waals surface area contributed by atoms with Crippen molar-refractivity contribution in [2.24, 2.45) is 0 Å². The van der Waals surface area contributed by atoms with Crippen molar-refractivity contribution in [2.45, 2.75) is 44.6 Å². The summed E-state index contributed by atoms with van der Waals surface area (Å²) in [5.74, 6) is 5.37. The number of rotatable bonds is 6. The van der Waals surface area contributed by atoms with Crippen LogP contribution < -0.4 is 10.6 Å². The van der Waals surface area contributed by atoms with Gasteiger partial charge >= 0.3 is 6.18 Å². The number of nitrogens with one attached hydrogen (secondary N) is 2. The van der Waals surface area contributed by atoms with E-state index in [1.165, 1.54) is 16.8 Å². The summed E-state index contributed by atoms with van der Waals surface area (Å²) >= 11 is 0. The van der Waals surface area contributed by atoms with Crippen molar-refractivity contribution in [2.75, 3.05) is 32.0 Å². The largest absolute Gasteiger partial charge is 0.393 e. The van der Waals surface area contributed by atoms with Crippen LogP contribution in [0.5, 0.6) is 0 Å². The van der Waals surface area contributed by atoms with Crippen molar-refractivity contribution in [1.82, 2.24) is 24.8 Å². The second kappa shape index (κ2) is 11.2. The van der Waals surface area contributed by atoms with Crippen LogP contribution in [-0.2, 0) is 12.8 Å². The van der Waals surface area contributed by atoms with Gasteiger partial charge in [-0.3, -0.25) is 9.78 Å². The van der Waals surface area contributed by atoms with Gasteiger partial charge in [-0.1, -0.05) is 18.9 Å². The molecule has 4 rings (SSSR count). The van der Waals surface area contributed by atoms with Crippen molar-refractivity contribution in [3.63, 3.8) is 0 Å². The lowest BCUT2D eigenvalue weighted by molar-refractivity contribution is -0.127. The third kappa shape index (κ3) is 6.57. The van der Waals surface area contributed by atoms with Gasteiger partial charge in [0.2, 0.25) is 0 Å². The number of pyridine rings is 2. The minimum atomic E-state index is -4.48. The minimum absolute atomic E-state index is 0.0463. The van der Waals surface area contributed by atoms with Crippen LogP contribution in [0.25, 0.3) is 5.52 Å². The molecule has 3 aromatic heterocycles. The van der Waals surface area contributed by atoms with E-state index in [1.54, 1.807) is 24.3 Å². The highest BCUT2D eigenvalue weighted by Crippen LogP contribution is 2.28. The maximum absolute atomic E-state index is 14.6. The quantitative estimate of drug-likeness (QED) is 0.387. The molecule has 11 heteroatoms. The average Bonchev–Trinajstić information content (AvgIpc) is 3.20. The van der Waals surface area contributed by atoms with Gasteiger partial charge in [0.1, 0.15) is 17.7 Å². The molecule has 7 nitrogen and oxygen atoms in total. The van der Waals surface area contributed by atoms with E-state index in [1.807, 2.05) is 18.9 Å². The number of piperidine rings is 1. The van der Waals surface area contributed by atoms with Crippen LogP contribution in [0.4, 0.5) is 23.4 Å². The fourth-order valence-electron chi connectivity index (χ4n) is 4.24. The Hall–Kier alpha value is -3.65. The number of anilines is 1. The molecule has 1 fully saturated rings. The smallest absolute Gasteiger partial charge is 0.364 e. The molecule has 1 aliphatic rings. The van der Waals surface area contributed by atoms with E-state index in [0.29, 0.717) is 24.3 Å². The molecule has 0 aromatic carbocycles. The number of aryl methyl sites for hydroxylation is 1. The highest BCUT2D eigenvalue weighted by atomic mass is 19.4. The molecule has 0 aliphatic carbocycles. The molecule has 1 amide bonds. The predicted octanol–water partition coefficient (Wildman–Crippen LogP) is 3.63. The number of hydrogen-bond acceptors (Lipinski definition) is 5. The molecule has 0 radical (unpaired) electrons. The maximum Gasteiger partial charge on any atom is 0.393 e. The van der Waals surface area contributed by atoms with Crippen molar-refractivity contribution in [1.29, 1.82) is 0 Å². The van der Waals surface area contributed by atoms with Gasteiger partial charge in [-0.05, 0) is 50.1 Å². The standard InChI is InChI=1S/C26H28F4N6O/c1-3-18-10-9-17(15-32-18)25(37)31-12-5-6-21-19(14-26(28,29)30)23-7-4-8-24(36(23)34-21)33-22-11-13-35(2)16-20(22)27/h4,7-10,15,20,22,33H,3,11-14,16H2,1-2H3,(H,31,37)/t20-,22+/m0/s1. The molecule has 2 atom stereocenters. The van der Waals surface area contributed by atoms with Crippen LogP contribution in [0.2, 0.25) is 0 Å². The normalized spacial score (nSPS) is 18.3. The number of nitrogens with zero attached hydrogens (tertiary/aromatic N) is 4. The zero-order valence-electron chi connectivity index (χ0n) is 20.6. The van der Waals surface area contributed by atoms with Gasteiger partial charge < -0.3 is 15.5 Å². The average molecular weight is 517 g/mol. The monoisotopic (exact) mass is 516 g/mol. The fourth-order valence-corrected chi connectivity index (χ4v) is 4.24. The van der Waals surface area contributed by atoms with Gasteiger partial charge in [0.05, 0.1) is 30.1 Å². The second-order valence-corrected chi connectivity index (χ2v) is 9.02. The molecular formula is C26H28F4N6O. The number of halogens is 4. The van der Waals surface area contributed by atoms with E-state index < -0.39 is 24.8 Å². The maximum atomic E-state index is 14.6. The van der Waals surface area contributed by atoms with Gasteiger partial charge in [0.25, 0.3) is 5.91 Å². The summed E-state index contributed by atoms with van der Waals surface area (Å²) < 4.78 is 56.1. The molecule has 2 N–H and O–H groups in total.